The minimum atomic E-state index is 0.298. The lowest BCUT2D eigenvalue weighted by Gasteiger charge is -2.14. The first-order valence-corrected chi connectivity index (χ1v) is 5.23. The quantitative estimate of drug-likeness (QED) is 0.800. The van der Waals surface area contributed by atoms with Crippen molar-refractivity contribution in [1.29, 1.82) is 0 Å². The molecular formula is C11H19N3O. The van der Waals surface area contributed by atoms with E-state index in [1.54, 1.807) is 7.11 Å². The van der Waals surface area contributed by atoms with E-state index in [9.17, 15) is 0 Å². The van der Waals surface area contributed by atoms with E-state index in [2.05, 4.69) is 29.1 Å². The molecule has 0 bridgehead atoms. The molecule has 0 spiro atoms. The average Bonchev–Trinajstić information content (AvgIpc) is 2.18. The summed E-state index contributed by atoms with van der Waals surface area (Å²) >= 11 is 0. The van der Waals surface area contributed by atoms with Crippen LogP contribution in [-0.4, -0.2) is 23.6 Å². The molecule has 0 amide bonds. The highest BCUT2D eigenvalue weighted by Gasteiger charge is 2.09. The summed E-state index contributed by atoms with van der Waals surface area (Å²) in [4.78, 5) is 8.65. The monoisotopic (exact) mass is 209 g/mol. The summed E-state index contributed by atoms with van der Waals surface area (Å²) in [5.74, 6) is 0.738. The van der Waals surface area contributed by atoms with Crippen LogP contribution in [0.1, 0.15) is 37.0 Å². The summed E-state index contributed by atoms with van der Waals surface area (Å²) < 4.78 is 4.99. The lowest BCUT2D eigenvalue weighted by Crippen LogP contribution is -2.19. The zero-order valence-corrected chi connectivity index (χ0v) is 9.87. The highest BCUT2D eigenvalue weighted by Crippen LogP contribution is 2.14. The van der Waals surface area contributed by atoms with Crippen LogP contribution in [-0.2, 0) is 11.3 Å². The van der Waals surface area contributed by atoms with Crippen LogP contribution < -0.4 is 5.32 Å². The molecule has 0 saturated carbocycles. The van der Waals surface area contributed by atoms with Gasteiger partial charge in [0.1, 0.15) is 6.61 Å². The Morgan fingerprint density at radius 3 is 2.80 bits per heavy atom. The topological polar surface area (TPSA) is 47.0 Å². The van der Waals surface area contributed by atoms with Crippen molar-refractivity contribution in [1.82, 2.24) is 15.3 Å². The van der Waals surface area contributed by atoms with E-state index in [4.69, 9.17) is 4.74 Å². The van der Waals surface area contributed by atoms with Crippen LogP contribution in [0.15, 0.2) is 6.20 Å². The molecule has 1 unspecified atom stereocenters. The fourth-order valence-corrected chi connectivity index (χ4v) is 1.56. The highest BCUT2D eigenvalue weighted by atomic mass is 16.5. The third kappa shape index (κ3) is 3.25. The number of hydrogen-bond acceptors (Lipinski definition) is 4. The third-order valence-electron chi connectivity index (χ3n) is 2.32. The number of hydrogen-bond donors (Lipinski definition) is 1. The molecule has 1 aromatic rings. The van der Waals surface area contributed by atoms with Gasteiger partial charge in [-0.15, -0.1) is 0 Å². The number of rotatable bonds is 5. The molecule has 15 heavy (non-hydrogen) atoms. The summed E-state index contributed by atoms with van der Waals surface area (Å²) in [5.41, 5.74) is 2.17. The molecule has 4 heteroatoms. The fraction of sp³-hybridized carbons (Fsp3) is 0.636. The van der Waals surface area contributed by atoms with Crippen molar-refractivity contribution < 1.29 is 4.74 Å². The smallest absolute Gasteiger partial charge is 0.154 e. The summed E-state index contributed by atoms with van der Waals surface area (Å²) in [6, 6.07) is 0.298. The zero-order chi connectivity index (χ0) is 11.3. The number of nitrogens with one attached hydrogen (secondary N) is 1. The SMILES string of the molecule is CCNC(C)c1cnc(COC)nc1C. The summed E-state index contributed by atoms with van der Waals surface area (Å²) in [7, 11) is 1.65. The Hall–Kier alpha value is -1.00. The Balaban J connectivity index is 2.82. The van der Waals surface area contributed by atoms with Crippen molar-refractivity contribution in [3.8, 4) is 0 Å². The van der Waals surface area contributed by atoms with E-state index in [1.165, 1.54) is 0 Å². The average molecular weight is 209 g/mol. The Bertz CT molecular complexity index is 315. The molecule has 4 nitrogen and oxygen atoms in total. The normalized spacial score (nSPS) is 12.8. The van der Waals surface area contributed by atoms with Crippen LogP contribution in [0.4, 0.5) is 0 Å². The first-order valence-electron chi connectivity index (χ1n) is 5.23. The highest BCUT2D eigenvalue weighted by molar-refractivity contribution is 5.19. The van der Waals surface area contributed by atoms with Gasteiger partial charge in [-0.3, -0.25) is 0 Å². The van der Waals surface area contributed by atoms with Gasteiger partial charge in [0.25, 0.3) is 0 Å². The first kappa shape index (κ1) is 12.1. The van der Waals surface area contributed by atoms with Crippen LogP contribution in [0.2, 0.25) is 0 Å². The first-order chi connectivity index (χ1) is 7.19. The molecule has 0 aliphatic heterocycles. The van der Waals surface area contributed by atoms with Crippen LogP contribution in [0.25, 0.3) is 0 Å². The maximum absolute atomic E-state index is 4.99. The van der Waals surface area contributed by atoms with E-state index < -0.39 is 0 Å². The van der Waals surface area contributed by atoms with Gasteiger partial charge in [0, 0.05) is 30.6 Å². The number of methoxy groups -OCH3 is 1. The third-order valence-corrected chi connectivity index (χ3v) is 2.32. The molecule has 0 radical (unpaired) electrons. The number of aryl methyl sites for hydroxylation is 1. The summed E-state index contributed by atoms with van der Waals surface area (Å²) in [6.45, 7) is 7.62. The van der Waals surface area contributed by atoms with Gasteiger partial charge in [0.2, 0.25) is 0 Å². The molecule has 1 N–H and O–H groups in total. The second-order valence-corrected chi connectivity index (χ2v) is 3.54. The minimum absolute atomic E-state index is 0.298. The second kappa shape index (κ2) is 5.78. The largest absolute Gasteiger partial charge is 0.377 e. The van der Waals surface area contributed by atoms with Crippen molar-refractivity contribution in [2.24, 2.45) is 0 Å². The molecule has 0 aliphatic rings. The van der Waals surface area contributed by atoms with Gasteiger partial charge in [0.05, 0.1) is 0 Å². The van der Waals surface area contributed by atoms with Gasteiger partial charge in [0.15, 0.2) is 5.82 Å². The molecule has 1 heterocycles. The van der Waals surface area contributed by atoms with Crippen LogP contribution in [0.3, 0.4) is 0 Å². The van der Waals surface area contributed by atoms with E-state index in [0.717, 1.165) is 23.6 Å². The molecule has 1 aromatic heterocycles. The minimum Gasteiger partial charge on any atom is -0.377 e. The maximum atomic E-state index is 4.99. The standard InChI is InChI=1S/C11H19N3O/c1-5-12-8(2)10-6-13-11(7-15-4)14-9(10)3/h6,8,12H,5,7H2,1-4H3. The van der Waals surface area contributed by atoms with Crippen molar-refractivity contribution >= 4 is 0 Å². The molecule has 0 fully saturated rings. The van der Waals surface area contributed by atoms with E-state index in [-0.39, 0.29) is 0 Å². The Labute approximate surface area is 91.1 Å². The van der Waals surface area contributed by atoms with Gasteiger partial charge < -0.3 is 10.1 Å². The summed E-state index contributed by atoms with van der Waals surface area (Å²) in [5, 5.41) is 3.34. The number of ether oxygens (including phenoxy) is 1. The second-order valence-electron chi connectivity index (χ2n) is 3.54. The molecule has 0 aromatic carbocycles. The van der Waals surface area contributed by atoms with Crippen LogP contribution in [0.5, 0.6) is 0 Å². The molecule has 1 rings (SSSR count). The molecule has 1 atom stereocenters. The van der Waals surface area contributed by atoms with Crippen LogP contribution >= 0.6 is 0 Å². The predicted octanol–water partition coefficient (Wildman–Crippen LogP) is 1.60. The predicted molar refractivity (Wildman–Crippen MR) is 59.6 cm³/mol. The molecule has 0 saturated heterocycles. The van der Waals surface area contributed by atoms with Gasteiger partial charge in [-0.05, 0) is 20.4 Å². The zero-order valence-electron chi connectivity index (χ0n) is 9.87. The van der Waals surface area contributed by atoms with E-state index in [1.807, 2.05) is 13.1 Å². The van der Waals surface area contributed by atoms with Gasteiger partial charge in [-0.1, -0.05) is 6.92 Å². The lowest BCUT2D eigenvalue weighted by molar-refractivity contribution is 0.177. The van der Waals surface area contributed by atoms with Crippen LogP contribution in [0, 0.1) is 6.92 Å². The molecule has 84 valence electrons. The lowest BCUT2D eigenvalue weighted by atomic mass is 10.1. The summed E-state index contributed by atoms with van der Waals surface area (Å²) in [6.07, 6.45) is 1.88. The van der Waals surface area contributed by atoms with E-state index >= 15 is 0 Å². The Morgan fingerprint density at radius 2 is 2.27 bits per heavy atom. The van der Waals surface area contributed by atoms with E-state index in [0.29, 0.717) is 12.6 Å². The molecular weight excluding hydrogens is 190 g/mol. The van der Waals surface area contributed by atoms with Crippen molar-refractivity contribution in [3.63, 3.8) is 0 Å². The van der Waals surface area contributed by atoms with Gasteiger partial charge in [-0.25, -0.2) is 9.97 Å². The maximum Gasteiger partial charge on any atom is 0.154 e. The fourth-order valence-electron chi connectivity index (χ4n) is 1.56. The Kier molecular flexibility index (Phi) is 4.65. The number of nitrogens with zero attached hydrogens (tertiary/aromatic N) is 2. The van der Waals surface area contributed by atoms with Gasteiger partial charge in [-0.2, -0.15) is 0 Å². The van der Waals surface area contributed by atoms with Gasteiger partial charge >= 0.3 is 0 Å². The van der Waals surface area contributed by atoms with Crippen molar-refractivity contribution in [2.75, 3.05) is 13.7 Å². The Morgan fingerprint density at radius 1 is 1.53 bits per heavy atom. The van der Waals surface area contributed by atoms with Crippen molar-refractivity contribution in [3.05, 3.63) is 23.3 Å². The number of aromatic nitrogens is 2. The molecule has 0 aliphatic carbocycles. The van der Waals surface area contributed by atoms with Crippen molar-refractivity contribution in [2.45, 2.75) is 33.4 Å².